The molecule has 1 saturated carbocycles. The van der Waals surface area contributed by atoms with Gasteiger partial charge in [-0.2, -0.15) is 0 Å². The van der Waals surface area contributed by atoms with Gasteiger partial charge in [0.15, 0.2) is 11.5 Å². The Hall–Kier alpha value is -1.56. The van der Waals surface area contributed by atoms with E-state index >= 15 is 0 Å². The van der Waals surface area contributed by atoms with Crippen LogP contribution in [0.25, 0.3) is 0 Å². The van der Waals surface area contributed by atoms with E-state index in [0.29, 0.717) is 11.8 Å². The van der Waals surface area contributed by atoms with Crippen LogP contribution in [0.2, 0.25) is 0 Å². The second-order valence-electron chi connectivity index (χ2n) is 12.2. The van der Waals surface area contributed by atoms with E-state index in [1.54, 1.807) is 13.2 Å². The molecule has 5 nitrogen and oxygen atoms in total. The van der Waals surface area contributed by atoms with Crippen molar-refractivity contribution in [3.8, 4) is 11.5 Å². The molecular formula is C29H41NO4. The van der Waals surface area contributed by atoms with Gasteiger partial charge in [-0.3, -0.25) is 0 Å². The van der Waals surface area contributed by atoms with Crippen LogP contribution in [-0.2, 0) is 16.6 Å². The highest BCUT2D eigenvalue weighted by atomic mass is 16.6. The predicted molar refractivity (Wildman–Crippen MR) is 132 cm³/mol. The van der Waals surface area contributed by atoms with Gasteiger partial charge >= 0.3 is 0 Å². The van der Waals surface area contributed by atoms with Crippen LogP contribution in [-0.4, -0.2) is 58.7 Å². The Morgan fingerprint density at radius 2 is 2.03 bits per heavy atom. The molecule has 186 valence electrons. The van der Waals surface area contributed by atoms with Gasteiger partial charge in [0, 0.05) is 30.0 Å². The maximum Gasteiger partial charge on any atom is 0.166 e. The Bertz CT molecular complexity index is 1050. The molecule has 2 fully saturated rings. The third kappa shape index (κ3) is 2.29. The summed E-state index contributed by atoms with van der Waals surface area (Å²) in [7, 11) is 4.04. The maximum absolute atomic E-state index is 12.1. The molecule has 7 atom stereocenters. The van der Waals surface area contributed by atoms with E-state index in [1.807, 2.05) is 6.92 Å². The minimum atomic E-state index is -0.876. The molecule has 1 saturated heterocycles. The highest BCUT2D eigenvalue weighted by Gasteiger charge is 2.85. The van der Waals surface area contributed by atoms with E-state index in [1.165, 1.54) is 24.0 Å². The highest BCUT2D eigenvalue weighted by molar-refractivity contribution is 5.67. The summed E-state index contributed by atoms with van der Waals surface area (Å²) in [5.74, 6) is 0.785. The molecule has 2 heterocycles. The zero-order valence-electron chi connectivity index (χ0n) is 21.5. The third-order valence-corrected chi connectivity index (χ3v) is 11.0. The van der Waals surface area contributed by atoms with Crippen molar-refractivity contribution in [2.75, 3.05) is 20.7 Å². The quantitative estimate of drug-likeness (QED) is 0.449. The van der Waals surface area contributed by atoms with Crippen molar-refractivity contribution in [2.45, 2.75) is 100 Å². The van der Waals surface area contributed by atoms with Crippen LogP contribution in [0.4, 0.5) is 0 Å². The van der Waals surface area contributed by atoms with Gasteiger partial charge in [0.2, 0.25) is 0 Å². The summed E-state index contributed by atoms with van der Waals surface area (Å²) in [6.07, 6.45) is 12.8. The predicted octanol–water partition coefficient (Wildman–Crippen LogP) is 4.72. The third-order valence-electron chi connectivity index (χ3n) is 11.0. The molecule has 2 N–H and O–H groups in total. The lowest BCUT2D eigenvalue weighted by atomic mass is 9.32. The molecule has 1 aromatic carbocycles. The van der Waals surface area contributed by atoms with Crippen LogP contribution in [0.3, 0.4) is 0 Å². The summed E-state index contributed by atoms with van der Waals surface area (Å²) in [5, 5.41) is 23.0. The normalized spacial score (nSPS) is 42.9. The van der Waals surface area contributed by atoms with Crippen molar-refractivity contribution in [3.05, 3.63) is 35.4 Å². The van der Waals surface area contributed by atoms with Gasteiger partial charge in [0.25, 0.3) is 0 Å². The molecular weight excluding hydrogens is 426 g/mol. The molecule has 2 aliphatic heterocycles. The molecule has 1 aromatic rings. The van der Waals surface area contributed by atoms with Crippen LogP contribution in [0.5, 0.6) is 11.5 Å². The number of unbranched alkanes of at least 4 members (excludes halogenated alkanes) is 3. The Labute approximate surface area is 204 Å². The number of hydrogen-bond acceptors (Lipinski definition) is 5. The van der Waals surface area contributed by atoms with E-state index in [4.69, 9.17) is 9.47 Å². The molecule has 0 radical (unpaired) electrons. The highest BCUT2D eigenvalue weighted by Crippen LogP contribution is 2.79. The van der Waals surface area contributed by atoms with Crippen LogP contribution >= 0.6 is 0 Å². The van der Waals surface area contributed by atoms with E-state index in [9.17, 15) is 10.2 Å². The number of fused-ring (bicyclic) bond motifs is 1. The number of likely N-dealkylation sites (tertiary alicyclic amines) is 1. The standard InChI is InChI=1S/C29H41NO4/c1-6-7-8-9-12-25(2,32)21-18-27-13-14-29(21,33-5)26(3)28(27)15-16-30(4)22(27)17-19-10-11-20(31)24(34-26)23(19)28/h10-11,13-14,21-22,31-32H,6-9,12,15-18H2,1-5H3/t21?,22?,25?,26?,27?,28-,29?/m1/s1. The number of rotatable bonds is 7. The molecule has 6 unspecified atom stereocenters. The largest absolute Gasteiger partial charge is 0.504 e. The van der Waals surface area contributed by atoms with Gasteiger partial charge in [-0.15, -0.1) is 0 Å². The Morgan fingerprint density at radius 3 is 2.76 bits per heavy atom. The number of phenolic OH excluding ortho intramolecular Hbond substituents is 1. The molecule has 4 bridgehead atoms. The summed E-state index contributed by atoms with van der Waals surface area (Å²) in [6, 6.07) is 4.24. The zero-order chi connectivity index (χ0) is 24.1. The number of ether oxygens (including phenoxy) is 2. The molecule has 0 amide bonds. The van der Waals surface area contributed by atoms with Crippen molar-refractivity contribution >= 4 is 0 Å². The van der Waals surface area contributed by atoms with Crippen molar-refractivity contribution in [3.63, 3.8) is 0 Å². The van der Waals surface area contributed by atoms with E-state index in [-0.39, 0.29) is 22.5 Å². The Morgan fingerprint density at radius 1 is 1.24 bits per heavy atom. The first-order valence-electron chi connectivity index (χ1n) is 13.4. The fraction of sp³-hybridized carbons (Fsp3) is 0.724. The van der Waals surface area contributed by atoms with Crippen molar-refractivity contribution in [1.29, 1.82) is 0 Å². The zero-order valence-corrected chi connectivity index (χ0v) is 21.5. The number of hydrogen-bond donors (Lipinski definition) is 2. The Balaban J connectivity index is 1.56. The molecule has 4 aliphatic carbocycles. The second-order valence-corrected chi connectivity index (χ2v) is 12.2. The van der Waals surface area contributed by atoms with Crippen LogP contribution in [0.1, 0.15) is 76.8 Å². The fourth-order valence-electron chi connectivity index (χ4n) is 9.47. The summed E-state index contributed by atoms with van der Waals surface area (Å²) in [4.78, 5) is 2.53. The SMILES string of the molecule is CCCCCCC(C)(O)C1CC23C=CC1(OC)C1(C)Oc4c(O)ccc5c4[C@@]21CCN(C)C3C5. The van der Waals surface area contributed by atoms with Crippen LogP contribution in [0, 0.1) is 11.3 Å². The minimum absolute atomic E-state index is 0.0956. The topological polar surface area (TPSA) is 62.2 Å². The van der Waals surface area contributed by atoms with E-state index in [2.05, 4.69) is 44.0 Å². The van der Waals surface area contributed by atoms with Gasteiger partial charge in [-0.1, -0.05) is 50.8 Å². The smallest absolute Gasteiger partial charge is 0.166 e. The van der Waals surface area contributed by atoms with Crippen molar-refractivity contribution < 1.29 is 19.7 Å². The van der Waals surface area contributed by atoms with Gasteiger partial charge in [-0.25, -0.2) is 0 Å². The number of aromatic hydroxyl groups is 1. The molecule has 34 heavy (non-hydrogen) atoms. The minimum Gasteiger partial charge on any atom is -0.504 e. The number of phenols is 1. The summed E-state index contributed by atoms with van der Waals surface area (Å²) >= 11 is 0. The molecule has 6 aliphatic rings. The molecule has 2 spiro atoms. The molecule has 7 rings (SSSR count). The summed E-state index contributed by atoms with van der Waals surface area (Å²) in [6.45, 7) is 7.45. The number of nitrogens with zero attached hydrogens (tertiary/aromatic N) is 1. The van der Waals surface area contributed by atoms with E-state index in [0.717, 1.165) is 45.1 Å². The fourth-order valence-corrected chi connectivity index (χ4v) is 9.47. The van der Waals surface area contributed by atoms with Gasteiger partial charge in [0.05, 0.1) is 11.0 Å². The average Bonchev–Trinajstić information content (AvgIpc) is 3.11. The van der Waals surface area contributed by atoms with Crippen molar-refractivity contribution in [2.24, 2.45) is 11.3 Å². The molecule has 5 heteroatoms. The lowest BCUT2D eigenvalue weighted by Gasteiger charge is -2.75. The molecule has 0 aromatic heterocycles. The lowest BCUT2D eigenvalue weighted by molar-refractivity contribution is -0.286. The van der Waals surface area contributed by atoms with Gasteiger partial charge in [0.1, 0.15) is 11.2 Å². The van der Waals surface area contributed by atoms with Gasteiger partial charge in [-0.05, 0) is 64.8 Å². The number of benzene rings is 1. The van der Waals surface area contributed by atoms with Crippen LogP contribution in [0.15, 0.2) is 24.3 Å². The maximum atomic E-state index is 12.1. The monoisotopic (exact) mass is 467 g/mol. The first-order valence-corrected chi connectivity index (χ1v) is 13.4. The van der Waals surface area contributed by atoms with E-state index < -0.39 is 16.8 Å². The summed E-state index contributed by atoms with van der Waals surface area (Å²) < 4.78 is 13.5. The number of aliphatic hydroxyl groups is 1. The first kappa shape index (κ1) is 22.9. The lowest BCUT2D eigenvalue weighted by Crippen LogP contribution is -2.85. The van der Waals surface area contributed by atoms with Gasteiger partial charge < -0.3 is 24.6 Å². The average molecular weight is 468 g/mol. The number of methoxy groups -OCH3 is 1. The Kier molecular flexibility index (Phi) is 4.72. The number of likely N-dealkylation sites (N-methyl/N-ethyl adjacent to an activating group) is 1. The number of piperidine rings is 1. The van der Waals surface area contributed by atoms with Crippen LogP contribution < -0.4 is 4.74 Å². The first-order chi connectivity index (χ1) is 16.1. The second kappa shape index (κ2) is 7.02. The summed E-state index contributed by atoms with van der Waals surface area (Å²) in [5.41, 5.74) is -0.295. The van der Waals surface area contributed by atoms with Crippen molar-refractivity contribution in [1.82, 2.24) is 4.90 Å².